The minimum atomic E-state index is 0.779. The van der Waals surface area contributed by atoms with Crippen molar-refractivity contribution in [2.24, 2.45) is 0 Å². The predicted molar refractivity (Wildman–Crippen MR) is 61.8 cm³/mol. The van der Waals surface area contributed by atoms with Gasteiger partial charge in [-0.05, 0) is 36.6 Å². The zero-order chi connectivity index (χ0) is 10.4. The van der Waals surface area contributed by atoms with Gasteiger partial charge in [-0.1, -0.05) is 6.07 Å². The van der Waals surface area contributed by atoms with Gasteiger partial charge in [0.2, 0.25) is 0 Å². The second kappa shape index (κ2) is 2.73. The first-order valence-corrected chi connectivity index (χ1v) is 4.88. The summed E-state index contributed by atoms with van der Waals surface area (Å²) in [6, 6.07) is 10.0. The molecule has 3 aromatic rings. The average molecular weight is 197 g/mol. The van der Waals surface area contributed by atoms with Crippen LogP contribution in [0.25, 0.3) is 16.6 Å². The Morgan fingerprint density at radius 3 is 2.87 bits per heavy atom. The Kier molecular flexibility index (Phi) is 1.51. The van der Waals surface area contributed by atoms with E-state index in [0.717, 1.165) is 22.5 Å². The van der Waals surface area contributed by atoms with E-state index in [1.807, 2.05) is 37.4 Å². The van der Waals surface area contributed by atoms with Crippen LogP contribution in [0.4, 0.5) is 5.69 Å². The van der Waals surface area contributed by atoms with Crippen molar-refractivity contribution in [3.05, 3.63) is 42.2 Å². The number of rotatable bonds is 0. The first-order chi connectivity index (χ1) is 7.24. The molecule has 0 saturated carbocycles. The number of nitrogen functional groups attached to an aromatic ring is 1. The van der Waals surface area contributed by atoms with Gasteiger partial charge in [0, 0.05) is 11.9 Å². The molecule has 74 valence electrons. The lowest BCUT2D eigenvalue weighted by atomic mass is 10.2. The molecular weight excluding hydrogens is 186 g/mol. The first kappa shape index (κ1) is 8.29. The third-order valence-corrected chi connectivity index (χ3v) is 2.58. The lowest BCUT2D eigenvalue weighted by Gasteiger charge is -2.02. The monoisotopic (exact) mass is 197 g/mol. The Bertz CT molecular complexity index is 652. The standard InChI is InChI=1S/C12H11N3/c1-8-7-15-11-6-10(13)4-2-9(11)3-5-12(15)14-8/h2-7H,13H2,1H3. The van der Waals surface area contributed by atoms with E-state index < -0.39 is 0 Å². The molecule has 0 fully saturated rings. The van der Waals surface area contributed by atoms with E-state index in [4.69, 9.17) is 5.73 Å². The van der Waals surface area contributed by atoms with Crippen LogP contribution in [0.3, 0.4) is 0 Å². The number of benzene rings is 1. The number of aromatic nitrogens is 2. The van der Waals surface area contributed by atoms with E-state index >= 15 is 0 Å². The predicted octanol–water partition coefficient (Wildman–Crippen LogP) is 2.38. The van der Waals surface area contributed by atoms with E-state index in [2.05, 4.69) is 15.5 Å². The molecule has 0 bridgehead atoms. The summed E-state index contributed by atoms with van der Waals surface area (Å²) >= 11 is 0. The van der Waals surface area contributed by atoms with Crippen molar-refractivity contribution in [2.75, 3.05) is 5.73 Å². The van der Waals surface area contributed by atoms with Gasteiger partial charge in [0.15, 0.2) is 0 Å². The SMILES string of the molecule is Cc1cn2c(ccc3ccc(N)cc32)n1. The van der Waals surface area contributed by atoms with E-state index in [1.54, 1.807) is 0 Å². The Balaban J connectivity index is 2.56. The normalized spacial score (nSPS) is 11.3. The maximum absolute atomic E-state index is 5.79. The first-order valence-electron chi connectivity index (χ1n) is 4.88. The van der Waals surface area contributed by atoms with Crippen molar-refractivity contribution in [2.45, 2.75) is 6.92 Å². The van der Waals surface area contributed by atoms with Gasteiger partial charge in [-0.3, -0.25) is 4.40 Å². The van der Waals surface area contributed by atoms with Crippen LogP contribution >= 0.6 is 0 Å². The fraction of sp³-hybridized carbons (Fsp3) is 0.0833. The van der Waals surface area contributed by atoms with Gasteiger partial charge in [0.05, 0.1) is 11.2 Å². The molecule has 0 unspecified atom stereocenters. The van der Waals surface area contributed by atoms with Crippen LogP contribution in [-0.2, 0) is 0 Å². The Morgan fingerprint density at radius 1 is 1.20 bits per heavy atom. The molecule has 0 atom stereocenters. The minimum absolute atomic E-state index is 0.779. The number of pyridine rings is 1. The van der Waals surface area contributed by atoms with E-state index in [0.29, 0.717) is 0 Å². The summed E-state index contributed by atoms with van der Waals surface area (Å²) in [7, 11) is 0. The number of nitrogens with zero attached hydrogens (tertiary/aromatic N) is 2. The number of nitrogens with two attached hydrogens (primary N) is 1. The molecule has 2 heterocycles. The fourth-order valence-corrected chi connectivity index (χ4v) is 1.90. The van der Waals surface area contributed by atoms with Crippen molar-refractivity contribution >= 4 is 22.2 Å². The molecule has 0 aliphatic rings. The summed E-state index contributed by atoms with van der Waals surface area (Å²) in [6.07, 6.45) is 2.02. The van der Waals surface area contributed by atoms with Crippen LogP contribution in [0.15, 0.2) is 36.5 Å². The summed E-state index contributed by atoms with van der Waals surface area (Å²) in [5.74, 6) is 0. The zero-order valence-corrected chi connectivity index (χ0v) is 8.44. The number of hydrogen-bond donors (Lipinski definition) is 1. The van der Waals surface area contributed by atoms with Crippen LogP contribution in [0, 0.1) is 6.92 Å². The molecule has 2 aromatic heterocycles. The topological polar surface area (TPSA) is 43.3 Å². The van der Waals surface area contributed by atoms with Crippen molar-refractivity contribution in [1.29, 1.82) is 0 Å². The second-order valence-corrected chi connectivity index (χ2v) is 3.76. The van der Waals surface area contributed by atoms with E-state index in [-0.39, 0.29) is 0 Å². The summed E-state index contributed by atoms with van der Waals surface area (Å²) < 4.78 is 2.07. The summed E-state index contributed by atoms with van der Waals surface area (Å²) in [5, 5.41) is 1.18. The Morgan fingerprint density at radius 2 is 2.00 bits per heavy atom. The molecule has 2 N–H and O–H groups in total. The van der Waals surface area contributed by atoms with Crippen LogP contribution in [0.1, 0.15) is 5.69 Å². The van der Waals surface area contributed by atoms with E-state index in [9.17, 15) is 0 Å². The zero-order valence-electron chi connectivity index (χ0n) is 8.44. The molecule has 0 radical (unpaired) electrons. The van der Waals surface area contributed by atoms with Gasteiger partial charge >= 0.3 is 0 Å². The molecule has 0 aliphatic heterocycles. The van der Waals surface area contributed by atoms with Crippen molar-refractivity contribution in [1.82, 2.24) is 9.38 Å². The summed E-state index contributed by atoms with van der Waals surface area (Å²) in [4.78, 5) is 4.42. The minimum Gasteiger partial charge on any atom is -0.399 e. The molecule has 0 spiro atoms. The van der Waals surface area contributed by atoms with E-state index in [1.165, 1.54) is 5.39 Å². The molecule has 3 rings (SSSR count). The van der Waals surface area contributed by atoms with Gasteiger partial charge in [-0.15, -0.1) is 0 Å². The Labute approximate surface area is 87.2 Å². The van der Waals surface area contributed by atoms with Gasteiger partial charge in [0.25, 0.3) is 0 Å². The van der Waals surface area contributed by atoms with Crippen molar-refractivity contribution < 1.29 is 0 Å². The maximum atomic E-state index is 5.79. The number of fused-ring (bicyclic) bond motifs is 3. The second-order valence-electron chi connectivity index (χ2n) is 3.76. The largest absolute Gasteiger partial charge is 0.399 e. The summed E-state index contributed by atoms with van der Waals surface area (Å²) in [6.45, 7) is 1.99. The molecular formula is C12H11N3. The average Bonchev–Trinajstić information content (AvgIpc) is 2.58. The third kappa shape index (κ3) is 1.16. The molecule has 1 aromatic carbocycles. The van der Waals surface area contributed by atoms with Crippen LogP contribution < -0.4 is 5.73 Å². The van der Waals surface area contributed by atoms with Crippen LogP contribution in [0.5, 0.6) is 0 Å². The quantitative estimate of drug-likeness (QED) is 0.562. The number of imidazole rings is 1. The molecule has 15 heavy (non-hydrogen) atoms. The summed E-state index contributed by atoms with van der Waals surface area (Å²) in [5.41, 5.74) is 9.65. The Hall–Kier alpha value is -2.03. The molecule has 0 aliphatic carbocycles. The lowest BCUT2D eigenvalue weighted by molar-refractivity contribution is 1.26. The molecule has 0 amide bonds. The smallest absolute Gasteiger partial charge is 0.137 e. The van der Waals surface area contributed by atoms with Gasteiger partial charge in [-0.2, -0.15) is 0 Å². The molecule has 3 nitrogen and oxygen atoms in total. The van der Waals surface area contributed by atoms with Crippen LogP contribution in [0.2, 0.25) is 0 Å². The third-order valence-electron chi connectivity index (χ3n) is 2.58. The number of hydrogen-bond acceptors (Lipinski definition) is 2. The highest BCUT2D eigenvalue weighted by atomic mass is 15.0. The van der Waals surface area contributed by atoms with Crippen molar-refractivity contribution in [3.8, 4) is 0 Å². The number of anilines is 1. The van der Waals surface area contributed by atoms with Gasteiger partial charge < -0.3 is 5.73 Å². The highest BCUT2D eigenvalue weighted by Crippen LogP contribution is 2.19. The maximum Gasteiger partial charge on any atom is 0.137 e. The fourth-order valence-electron chi connectivity index (χ4n) is 1.90. The molecule has 3 heteroatoms. The van der Waals surface area contributed by atoms with Gasteiger partial charge in [0.1, 0.15) is 5.65 Å². The highest BCUT2D eigenvalue weighted by Gasteiger charge is 2.02. The lowest BCUT2D eigenvalue weighted by Crippen LogP contribution is -1.89. The molecule has 0 saturated heterocycles. The number of aryl methyl sites for hydroxylation is 1. The van der Waals surface area contributed by atoms with Gasteiger partial charge in [-0.25, -0.2) is 4.98 Å². The van der Waals surface area contributed by atoms with Crippen LogP contribution in [-0.4, -0.2) is 9.38 Å². The highest BCUT2D eigenvalue weighted by molar-refractivity contribution is 5.84. The van der Waals surface area contributed by atoms with Crippen molar-refractivity contribution in [3.63, 3.8) is 0 Å².